The van der Waals surface area contributed by atoms with Crippen molar-refractivity contribution in [2.45, 2.75) is 44.8 Å². The van der Waals surface area contributed by atoms with Gasteiger partial charge in [0.15, 0.2) is 0 Å². The summed E-state index contributed by atoms with van der Waals surface area (Å²) >= 11 is 0. The zero-order valence-corrected chi connectivity index (χ0v) is 11.4. The largest absolute Gasteiger partial charge is 0.487 e. The number of fused-ring (bicyclic) bond motifs is 1. The van der Waals surface area contributed by atoms with Crippen LogP contribution in [0, 0.1) is 5.92 Å². The van der Waals surface area contributed by atoms with E-state index in [1.54, 1.807) is 0 Å². The van der Waals surface area contributed by atoms with Crippen molar-refractivity contribution in [1.29, 1.82) is 0 Å². The molecule has 0 aromatic heterocycles. The molecule has 1 atom stereocenters. The summed E-state index contributed by atoms with van der Waals surface area (Å²) in [7, 11) is 0. The average molecular weight is 260 g/mol. The highest BCUT2D eigenvalue weighted by Crippen LogP contribution is 2.41. The first-order valence-electron chi connectivity index (χ1n) is 6.83. The number of benzene rings is 1. The number of nitrogen functional groups attached to an aromatic ring is 1. The zero-order valence-electron chi connectivity index (χ0n) is 11.4. The quantitative estimate of drug-likeness (QED) is 0.802. The van der Waals surface area contributed by atoms with Crippen LogP contribution in [0.15, 0.2) is 18.2 Å². The molecule has 0 bridgehead atoms. The van der Waals surface area contributed by atoms with Crippen molar-refractivity contribution in [3.63, 3.8) is 0 Å². The fourth-order valence-corrected chi connectivity index (χ4v) is 2.64. The first kappa shape index (κ1) is 12.3. The van der Waals surface area contributed by atoms with Gasteiger partial charge in [-0.3, -0.25) is 4.79 Å². The van der Waals surface area contributed by atoms with E-state index in [-0.39, 0.29) is 23.5 Å². The summed E-state index contributed by atoms with van der Waals surface area (Å²) in [5, 5.41) is 3.15. The molecular weight excluding hydrogens is 240 g/mol. The number of carbonyl (C=O) groups excluding carboxylic acids is 1. The molecule has 2 aliphatic rings. The molecule has 1 unspecified atom stereocenters. The molecule has 1 saturated carbocycles. The van der Waals surface area contributed by atoms with E-state index in [0.717, 1.165) is 30.6 Å². The molecule has 0 spiro atoms. The predicted octanol–water partition coefficient (Wildman–Crippen LogP) is 2.40. The van der Waals surface area contributed by atoms with Gasteiger partial charge in [-0.25, -0.2) is 0 Å². The van der Waals surface area contributed by atoms with Gasteiger partial charge in [-0.2, -0.15) is 0 Å². The number of ether oxygens (including phenoxy) is 1. The van der Waals surface area contributed by atoms with E-state index in [4.69, 9.17) is 10.5 Å². The van der Waals surface area contributed by atoms with Crippen LogP contribution in [-0.4, -0.2) is 11.5 Å². The molecule has 0 radical (unpaired) electrons. The van der Waals surface area contributed by atoms with Crippen molar-refractivity contribution in [3.8, 4) is 5.75 Å². The second-order valence-corrected chi connectivity index (χ2v) is 6.20. The predicted molar refractivity (Wildman–Crippen MR) is 73.8 cm³/mol. The summed E-state index contributed by atoms with van der Waals surface area (Å²) in [5.41, 5.74) is 7.27. The smallest absolute Gasteiger partial charge is 0.223 e. The Hall–Kier alpha value is -1.71. The molecule has 1 aromatic carbocycles. The highest BCUT2D eigenvalue weighted by Gasteiger charge is 2.37. The molecule has 1 aliphatic heterocycles. The lowest BCUT2D eigenvalue weighted by molar-refractivity contribution is -0.123. The third-order valence-electron chi connectivity index (χ3n) is 3.76. The first-order valence-corrected chi connectivity index (χ1v) is 6.83. The van der Waals surface area contributed by atoms with Crippen LogP contribution in [-0.2, 0) is 4.79 Å². The van der Waals surface area contributed by atoms with Gasteiger partial charge in [-0.1, -0.05) is 0 Å². The molecule has 0 saturated heterocycles. The summed E-state index contributed by atoms with van der Waals surface area (Å²) in [4.78, 5) is 12.0. The molecule has 19 heavy (non-hydrogen) atoms. The summed E-state index contributed by atoms with van der Waals surface area (Å²) in [6, 6.07) is 5.62. The SMILES string of the molecule is CC1(C)CC(NC(=O)C2CC2)c2cc(N)ccc2O1. The molecule has 1 aliphatic carbocycles. The van der Waals surface area contributed by atoms with E-state index in [9.17, 15) is 4.79 Å². The number of rotatable bonds is 2. The highest BCUT2D eigenvalue weighted by atomic mass is 16.5. The van der Waals surface area contributed by atoms with E-state index >= 15 is 0 Å². The molecule has 3 rings (SSSR count). The van der Waals surface area contributed by atoms with Gasteiger partial charge in [0, 0.05) is 23.6 Å². The second kappa shape index (κ2) is 4.15. The maximum atomic E-state index is 12.0. The van der Waals surface area contributed by atoms with Crippen LogP contribution in [0.1, 0.15) is 44.7 Å². The first-order chi connectivity index (χ1) is 8.94. The third-order valence-corrected chi connectivity index (χ3v) is 3.76. The highest BCUT2D eigenvalue weighted by molar-refractivity contribution is 5.81. The summed E-state index contributed by atoms with van der Waals surface area (Å²) < 4.78 is 5.96. The van der Waals surface area contributed by atoms with Crippen molar-refractivity contribution in [2.24, 2.45) is 5.92 Å². The molecule has 4 nitrogen and oxygen atoms in total. The number of hydrogen-bond acceptors (Lipinski definition) is 3. The molecule has 102 valence electrons. The van der Waals surface area contributed by atoms with E-state index in [2.05, 4.69) is 5.32 Å². The van der Waals surface area contributed by atoms with E-state index in [1.807, 2.05) is 32.0 Å². The van der Waals surface area contributed by atoms with Crippen LogP contribution in [0.5, 0.6) is 5.75 Å². The lowest BCUT2D eigenvalue weighted by atomic mass is 9.89. The van der Waals surface area contributed by atoms with Crippen LogP contribution in [0.25, 0.3) is 0 Å². The van der Waals surface area contributed by atoms with E-state index < -0.39 is 0 Å². The molecule has 1 amide bonds. The van der Waals surface area contributed by atoms with E-state index in [0.29, 0.717) is 5.69 Å². The number of carbonyl (C=O) groups is 1. The molecule has 1 heterocycles. The Morgan fingerprint density at radius 2 is 2.16 bits per heavy atom. The van der Waals surface area contributed by atoms with Gasteiger partial charge in [0.1, 0.15) is 11.4 Å². The maximum Gasteiger partial charge on any atom is 0.223 e. The van der Waals surface area contributed by atoms with Crippen LogP contribution >= 0.6 is 0 Å². The standard InChI is InChI=1S/C15H20N2O2/c1-15(2)8-12(17-14(18)9-3-4-9)11-7-10(16)5-6-13(11)19-15/h5-7,9,12H,3-4,8,16H2,1-2H3,(H,17,18). The van der Waals surface area contributed by atoms with Crippen molar-refractivity contribution < 1.29 is 9.53 Å². The third kappa shape index (κ3) is 2.53. The summed E-state index contributed by atoms with van der Waals surface area (Å²) in [5.74, 6) is 1.21. The summed E-state index contributed by atoms with van der Waals surface area (Å²) in [6.45, 7) is 4.09. The topological polar surface area (TPSA) is 64.4 Å². The second-order valence-electron chi connectivity index (χ2n) is 6.20. The fourth-order valence-electron chi connectivity index (χ4n) is 2.64. The van der Waals surface area contributed by atoms with Crippen LogP contribution in [0.2, 0.25) is 0 Å². The molecule has 3 N–H and O–H groups in total. The van der Waals surface area contributed by atoms with Gasteiger partial charge in [0.25, 0.3) is 0 Å². The minimum atomic E-state index is -0.273. The van der Waals surface area contributed by atoms with Crippen LogP contribution < -0.4 is 15.8 Å². The van der Waals surface area contributed by atoms with Crippen LogP contribution in [0.3, 0.4) is 0 Å². The lowest BCUT2D eigenvalue weighted by Crippen LogP contribution is -2.41. The Morgan fingerprint density at radius 3 is 2.84 bits per heavy atom. The Bertz CT molecular complexity index is 521. The van der Waals surface area contributed by atoms with Crippen molar-refractivity contribution in [2.75, 3.05) is 5.73 Å². The normalized spacial score (nSPS) is 24.2. The van der Waals surface area contributed by atoms with Gasteiger partial charge in [-0.15, -0.1) is 0 Å². The Labute approximate surface area is 113 Å². The minimum absolute atomic E-state index is 0.00431. The molecule has 1 aromatic rings. The van der Waals surface area contributed by atoms with Crippen molar-refractivity contribution in [3.05, 3.63) is 23.8 Å². The zero-order chi connectivity index (χ0) is 13.6. The van der Waals surface area contributed by atoms with E-state index in [1.165, 1.54) is 0 Å². The van der Waals surface area contributed by atoms with Gasteiger partial charge >= 0.3 is 0 Å². The van der Waals surface area contributed by atoms with Crippen molar-refractivity contribution >= 4 is 11.6 Å². The monoisotopic (exact) mass is 260 g/mol. The molecule has 4 heteroatoms. The summed E-state index contributed by atoms with van der Waals surface area (Å²) in [6.07, 6.45) is 2.80. The average Bonchev–Trinajstić information content (AvgIpc) is 3.13. The Balaban J connectivity index is 1.89. The number of anilines is 1. The Morgan fingerprint density at radius 1 is 1.42 bits per heavy atom. The number of nitrogens with two attached hydrogens (primary N) is 1. The maximum absolute atomic E-state index is 12.0. The van der Waals surface area contributed by atoms with Crippen LogP contribution in [0.4, 0.5) is 5.69 Å². The van der Waals surface area contributed by atoms with Gasteiger partial charge in [0.2, 0.25) is 5.91 Å². The molecule has 1 fully saturated rings. The number of nitrogens with one attached hydrogen (secondary N) is 1. The molecular formula is C15H20N2O2. The van der Waals surface area contributed by atoms with Gasteiger partial charge < -0.3 is 15.8 Å². The Kier molecular flexibility index (Phi) is 2.69. The number of hydrogen-bond donors (Lipinski definition) is 2. The van der Waals surface area contributed by atoms with Gasteiger partial charge in [0.05, 0.1) is 6.04 Å². The van der Waals surface area contributed by atoms with Gasteiger partial charge in [-0.05, 0) is 44.9 Å². The van der Waals surface area contributed by atoms with Crippen molar-refractivity contribution in [1.82, 2.24) is 5.32 Å². The fraction of sp³-hybridized carbons (Fsp3) is 0.533. The lowest BCUT2D eigenvalue weighted by Gasteiger charge is -2.38. The minimum Gasteiger partial charge on any atom is -0.487 e. The number of amides is 1.